The number of fused-ring (bicyclic) bond motifs is 2. The Balaban J connectivity index is 0.841. The predicted octanol–water partition coefficient (Wildman–Crippen LogP) is 7.99. The first-order valence-corrected chi connectivity index (χ1v) is 46.4. The van der Waals surface area contributed by atoms with Crippen LogP contribution in [0.5, 0.6) is 0 Å². The van der Waals surface area contributed by atoms with Gasteiger partial charge in [0.05, 0.1) is 339 Å². The fourth-order valence-corrected chi connectivity index (χ4v) is 13.2. The van der Waals surface area contributed by atoms with E-state index in [0.29, 0.717) is 397 Å². The van der Waals surface area contributed by atoms with Gasteiger partial charge in [-0.25, -0.2) is 14.4 Å². The minimum absolute atomic E-state index is 0.0699. The van der Waals surface area contributed by atoms with Gasteiger partial charge in [-0.2, -0.15) is 8.42 Å². The molecule has 4 rings (SSSR count). The molecule has 0 fully saturated rings. The highest BCUT2D eigenvalue weighted by molar-refractivity contribution is 7.94. The van der Waals surface area contributed by atoms with Crippen molar-refractivity contribution < 1.29 is 161 Å². The number of allylic oxidation sites excluding steroid dienone is 3. The molecule has 0 radical (unpaired) electrons. The second-order valence-electron chi connectivity index (χ2n) is 28.0. The maximum absolute atomic E-state index is 12.8. The zero-order chi connectivity index (χ0) is 89.7. The van der Waals surface area contributed by atoms with Crippen molar-refractivity contribution in [2.45, 2.75) is 95.0 Å². The molecule has 722 valence electrons. The quantitative estimate of drug-likeness (QED) is 0.0104. The Kier molecular flexibility index (Phi) is 71.1. The molecule has 1 aliphatic rings. The molecule has 3 aromatic rings. The van der Waals surface area contributed by atoms with Gasteiger partial charge in [0, 0.05) is 85.8 Å². The van der Waals surface area contributed by atoms with Crippen molar-refractivity contribution >= 4 is 80.0 Å². The largest absolute Gasteiger partial charge is 0.481 e. The molecule has 41 heteroatoms. The third kappa shape index (κ3) is 57.7. The third-order valence-corrected chi connectivity index (χ3v) is 20.4. The summed E-state index contributed by atoms with van der Waals surface area (Å²) in [4.78, 5) is 26.1. The fraction of sp³-hybridized carbons (Fsp3) is 0.774. The highest BCUT2D eigenvalue weighted by atomic mass is 35.5. The van der Waals surface area contributed by atoms with E-state index in [1.54, 1.807) is 13.2 Å². The smallest absolute Gasteiger partial charge is 0.303 e. The number of carboxylic acid groups (broad SMARTS) is 1. The molecule has 0 atom stereocenters. The van der Waals surface area contributed by atoms with Crippen LogP contribution in [0.2, 0.25) is 10.0 Å². The number of methoxy groups -OCH3 is 1. The number of aromatic nitrogens is 2. The number of halogens is 2. The van der Waals surface area contributed by atoms with Gasteiger partial charge in [-0.15, -0.1) is 4.33 Å². The van der Waals surface area contributed by atoms with E-state index in [0.717, 1.165) is 53.1 Å². The molecular formula is C84H143Cl2N4O33S2+. The van der Waals surface area contributed by atoms with Crippen molar-refractivity contribution in [3.05, 3.63) is 69.6 Å². The number of ether oxygens (including phenoxy) is 24. The number of amides is 1. The summed E-state index contributed by atoms with van der Waals surface area (Å²) in [7, 11) is -2.84. The number of anilines is 1. The summed E-state index contributed by atoms with van der Waals surface area (Å²) in [6.45, 7) is 28.0. The highest BCUT2D eigenvalue weighted by Crippen LogP contribution is 2.48. The zero-order valence-electron chi connectivity index (χ0n) is 73.8. The Morgan fingerprint density at radius 3 is 1.17 bits per heavy atom. The fourth-order valence-electron chi connectivity index (χ4n) is 12.0. The van der Waals surface area contributed by atoms with Crippen LogP contribution in [0.4, 0.5) is 5.69 Å². The number of aryl methyl sites for hydroxylation is 2. The third-order valence-electron chi connectivity index (χ3n) is 18.2. The number of aliphatic carboxylic acids is 1. The standard InChI is InChI=1S/C84H142Cl2N4O33S2/c1-84(2)74-70-73(125(95,96)97)16-17-77(74)88(21-11-69-124-123-122-94)80(84)12-10-14-82-89(78-71-75(85)76(86)72-79(78)90(82)20-9-5-7-15-83(92)93)19-8-4-6-13-81(91)87-18-22-99-25-26-101-29-30-103-33-34-105-37-38-107-41-42-109-45-46-111-49-50-113-53-54-115-57-58-117-61-62-119-65-66-121-68-67-120-64-63-118-60-59-116-56-55-114-52-51-112-48-47-110-44-43-108-40-39-106-36-35-104-32-31-102-28-27-100-24-23-98-3/h10,12,14,16-17,70-72H,4-9,11,13,15,18-69H2,1-3H3,(H3-,87,91,92,93,94,95,96,97)/p+1. The average molecular weight is 1870 g/mol. The lowest BCUT2D eigenvalue weighted by atomic mass is 9.83. The maximum atomic E-state index is 12.8. The van der Waals surface area contributed by atoms with E-state index < -0.39 is 21.5 Å². The van der Waals surface area contributed by atoms with E-state index in [1.807, 2.05) is 44.2 Å². The Morgan fingerprint density at radius 1 is 0.456 bits per heavy atom. The number of nitrogens with one attached hydrogen (secondary N) is 1. The first kappa shape index (κ1) is 113. The molecule has 2 aromatic carbocycles. The van der Waals surface area contributed by atoms with E-state index in [2.05, 4.69) is 28.7 Å². The summed E-state index contributed by atoms with van der Waals surface area (Å²) in [5.74, 6) is 0.402. The van der Waals surface area contributed by atoms with E-state index in [1.165, 1.54) is 12.1 Å². The van der Waals surface area contributed by atoms with Crippen LogP contribution < -0.4 is 14.8 Å². The van der Waals surface area contributed by atoms with Gasteiger partial charge in [-0.1, -0.05) is 48.2 Å². The summed E-state index contributed by atoms with van der Waals surface area (Å²) >= 11 is 14.3. The maximum Gasteiger partial charge on any atom is 0.303 e. The number of unbranched alkanes of at least 4 members (excludes halogenated alkanes) is 4. The van der Waals surface area contributed by atoms with Crippen LogP contribution in [0.1, 0.15) is 83.0 Å². The van der Waals surface area contributed by atoms with Gasteiger partial charge < -0.3 is 129 Å². The van der Waals surface area contributed by atoms with Crippen LogP contribution >= 0.6 is 35.2 Å². The monoisotopic (exact) mass is 1870 g/mol. The van der Waals surface area contributed by atoms with E-state index >= 15 is 0 Å². The number of imidazole rings is 1. The summed E-state index contributed by atoms with van der Waals surface area (Å²) in [6, 6.07) is 8.26. The molecule has 2 heterocycles. The molecule has 0 unspecified atom stereocenters. The number of benzene rings is 2. The Morgan fingerprint density at radius 2 is 0.808 bits per heavy atom. The Hall–Kier alpha value is -4.11. The average Bonchev–Trinajstić information content (AvgIpc) is 1.59. The van der Waals surface area contributed by atoms with Crippen LogP contribution in [-0.2, 0) is 161 Å². The molecule has 1 amide bonds. The number of hydrogen-bond donors (Lipinski definition) is 4. The van der Waals surface area contributed by atoms with Gasteiger partial charge in [0.15, 0.2) is 11.0 Å². The molecule has 0 saturated carbocycles. The number of carboxylic acids is 1. The molecule has 0 bridgehead atoms. The Bertz CT molecular complexity index is 3310. The summed E-state index contributed by atoms with van der Waals surface area (Å²) in [5, 5.41) is 25.4. The topological polar surface area (TPSA) is 393 Å². The number of rotatable bonds is 93. The molecule has 1 aromatic heterocycles. The molecule has 0 aliphatic carbocycles. The highest BCUT2D eigenvalue weighted by Gasteiger charge is 2.41. The SMILES string of the molecule is COCCOCCOCCOCCOCCOCCOCCOCCOCCOCCOCCOCCOCCOCCOCCOCCOCCOCCOCCOCCOCCOCCOCCOCCNC(=O)CCCCC[n+]1c(C=CC=C2N(CCCSOOO)c3ccc(S(=O)(=O)O)cc3C2(C)C)n(CCCCCC(=O)O)c2cc(Cl)c(Cl)cc21. The number of nitrogens with zero attached hydrogens (tertiary/aromatic N) is 3. The molecule has 37 nitrogen and oxygen atoms in total. The van der Waals surface area contributed by atoms with Gasteiger partial charge in [-0.3, -0.25) is 14.1 Å². The summed E-state index contributed by atoms with van der Waals surface area (Å²) in [6.07, 6.45) is 11.0. The van der Waals surface area contributed by atoms with Crippen LogP contribution in [0.25, 0.3) is 17.1 Å². The van der Waals surface area contributed by atoms with E-state index in [4.69, 9.17) is 142 Å². The van der Waals surface area contributed by atoms with E-state index in [9.17, 15) is 27.7 Å². The van der Waals surface area contributed by atoms with Crippen molar-refractivity contribution in [1.82, 2.24) is 9.88 Å². The van der Waals surface area contributed by atoms with Crippen molar-refractivity contribution in [2.24, 2.45) is 0 Å². The van der Waals surface area contributed by atoms with Gasteiger partial charge in [0.2, 0.25) is 5.91 Å². The van der Waals surface area contributed by atoms with Gasteiger partial charge >= 0.3 is 5.97 Å². The van der Waals surface area contributed by atoms with Crippen molar-refractivity contribution in [1.29, 1.82) is 0 Å². The predicted molar refractivity (Wildman–Crippen MR) is 466 cm³/mol. The van der Waals surface area contributed by atoms with E-state index in [-0.39, 0.29) is 17.2 Å². The molecule has 4 N–H and O–H groups in total. The lowest BCUT2D eigenvalue weighted by Gasteiger charge is -2.27. The minimum atomic E-state index is -4.48. The Labute approximate surface area is 752 Å². The normalized spacial score (nSPS) is 13.2. The number of hydrogen-bond acceptors (Lipinski definition) is 33. The lowest BCUT2D eigenvalue weighted by Crippen LogP contribution is -2.36. The van der Waals surface area contributed by atoms with Crippen LogP contribution in [0.15, 0.2) is 53.1 Å². The zero-order valence-corrected chi connectivity index (χ0v) is 76.9. The molecule has 1 aliphatic heterocycles. The molecule has 125 heavy (non-hydrogen) atoms. The first-order chi connectivity index (χ1) is 61.2. The van der Waals surface area contributed by atoms with Crippen molar-refractivity contribution in [3.63, 3.8) is 0 Å². The number of carbonyl (C=O) groups excluding carboxylic acids is 1. The van der Waals surface area contributed by atoms with Crippen molar-refractivity contribution in [3.8, 4) is 0 Å². The summed E-state index contributed by atoms with van der Waals surface area (Å²) in [5.41, 5.74) is 3.37. The van der Waals surface area contributed by atoms with Gasteiger partial charge in [0.1, 0.15) is 0 Å². The summed E-state index contributed by atoms with van der Waals surface area (Å²) < 4.78 is 176. The first-order valence-electron chi connectivity index (χ1n) is 43.2. The second-order valence-corrected chi connectivity index (χ2v) is 31.0. The lowest BCUT2D eigenvalue weighted by molar-refractivity contribution is -0.674. The number of carbonyl (C=O) groups is 2. The van der Waals surface area contributed by atoms with Crippen molar-refractivity contribution in [2.75, 3.05) is 341 Å². The van der Waals surface area contributed by atoms with Gasteiger partial charge in [-0.05, 0) is 74.8 Å². The minimum Gasteiger partial charge on any atom is -0.481 e. The van der Waals surface area contributed by atoms with Crippen LogP contribution in [0.3, 0.4) is 0 Å². The molecule has 0 spiro atoms. The molecule has 0 saturated heterocycles. The molecular weight excluding hydrogens is 1730 g/mol. The van der Waals surface area contributed by atoms with Crippen LogP contribution in [-0.4, -0.2) is 376 Å². The van der Waals surface area contributed by atoms with Gasteiger partial charge in [0.25, 0.3) is 15.9 Å². The van der Waals surface area contributed by atoms with Crippen LogP contribution in [0, 0.1) is 0 Å². The second kappa shape index (κ2) is 78.5.